The first-order chi connectivity index (χ1) is 31.5. The highest BCUT2D eigenvalue weighted by molar-refractivity contribution is 14.2. The molecule has 0 fully saturated rings. The molecule has 3 aliphatic rings. The topological polar surface area (TPSA) is 0 Å². The molecule has 9 aromatic carbocycles. The summed E-state index contributed by atoms with van der Waals surface area (Å²) >= 11 is -0.567. The van der Waals surface area contributed by atoms with Crippen molar-refractivity contribution in [3.63, 3.8) is 0 Å². The lowest BCUT2D eigenvalue weighted by Crippen LogP contribution is -2.27. The third kappa shape index (κ3) is 6.51. The Labute approximate surface area is 387 Å². The number of benzene rings is 9. The van der Waals surface area contributed by atoms with E-state index in [0.29, 0.717) is 5.92 Å². The lowest BCUT2D eigenvalue weighted by molar-refractivity contribution is 0.568. The Kier molecular flexibility index (Phi) is 9.64. The summed E-state index contributed by atoms with van der Waals surface area (Å²) in [7, 11) is 0. The first-order valence-corrected chi connectivity index (χ1v) is 24.8. The quantitative estimate of drug-likeness (QED) is 0.140. The van der Waals surface area contributed by atoms with Crippen LogP contribution in [0.2, 0.25) is 0 Å². The Morgan fingerprint density at radius 3 is 1.70 bits per heavy atom. The van der Waals surface area contributed by atoms with E-state index < -0.39 is 20.7 Å². The fourth-order valence-corrected chi connectivity index (χ4v) is 14.8. The molecule has 0 saturated carbocycles. The van der Waals surface area contributed by atoms with Crippen molar-refractivity contribution >= 4 is 30.3 Å². The minimum absolute atomic E-state index is 0.228. The van der Waals surface area contributed by atoms with Crippen molar-refractivity contribution in [2.75, 3.05) is 0 Å². The van der Waals surface area contributed by atoms with Crippen LogP contribution in [0.3, 0.4) is 0 Å². The smallest absolute Gasteiger partial charge is 0.0234 e. The Hall–Kier alpha value is -6.68. The van der Waals surface area contributed by atoms with Gasteiger partial charge in [0.25, 0.3) is 0 Å². The summed E-state index contributed by atoms with van der Waals surface area (Å²) in [5.41, 5.74) is 24.2. The number of hydrogen-bond acceptors (Lipinski definition) is 0. The van der Waals surface area contributed by atoms with Gasteiger partial charge in [-0.05, 0) is 140 Å². The summed E-state index contributed by atoms with van der Waals surface area (Å²) in [6, 6.07) is 81.9. The van der Waals surface area contributed by atoms with E-state index in [1.807, 2.05) is 0 Å². The first-order valence-electron chi connectivity index (χ1n) is 22.6. The molecular formula is C63H47I. The molecule has 2 aliphatic carbocycles. The van der Waals surface area contributed by atoms with Gasteiger partial charge in [0, 0.05) is 14.8 Å². The molecule has 1 heteroatoms. The van der Waals surface area contributed by atoms with Crippen LogP contribution in [0.4, 0.5) is 0 Å². The van der Waals surface area contributed by atoms with Crippen molar-refractivity contribution in [1.29, 1.82) is 0 Å². The van der Waals surface area contributed by atoms with Crippen molar-refractivity contribution < 1.29 is 0 Å². The van der Waals surface area contributed by atoms with Gasteiger partial charge >= 0.3 is 0 Å². The Morgan fingerprint density at radius 2 is 0.984 bits per heavy atom. The molecule has 0 spiro atoms. The molecule has 0 bridgehead atoms. The summed E-state index contributed by atoms with van der Waals surface area (Å²) in [6.45, 7) is 5.03. The first kappa shape index (κ1) is 39.0. The molecule has 3 unspecified atom stereocenters. The van der Waals surface area contributed by atoms with Gasteiger partial charge in [0.05, 0.1) is 0 Å². The predicted molar refractivity (Wildman–Crippen MR) is 279 cm³/mol. The molecule has 0 saturated heterocycles. The van der Waals surface area contributed by atoms with Crippen LogP contribution < -0.4 is 0 Å². The minimum Gasteiger partial charge on any atom is -0.0807 e. The van der Waals surface area contributed by atoms with Crippen LogP contribution in [0, 0.1) is 0 Å². The summed E-state index contributed by atoms with van der Waals surface area (Å²) in [5, 5.41) is 0. The van der Waals surface area contributed by atoms with Crippen LogP contribution in [-0.2, 0) is 5.41 Å². The number of fused-ring (bicyclic) bond motifs is 8. The van der Waals surface area contributed by atoms with E-state index in [0.717, 1.165) is 6.42 Å². The van der Waals surface area contributed by atoms with Gasteiger partial charge in [0.15, 0.2) is 0 Å². The molecule has 64 heavy (non-hydrogen) atoms. The average molecular weight is 931 g/mol. The molecular weight excluding hydrogens is 884 g/mol. The number of halogens is 1. The van der Waals surface area contributed by atoms with Crippen molar-refractivity contribution in [3.8, 4) is 55.6 Å². The van der Waals surface area contributed by atoms with Gasteiger partial charge in [-0.1, -0.05) is 235 Å². The molecule has 9 aromatic rings. The molecule has 1 heterocycles. The lowest BCUT2D eigenvalue weighted by Gasteiger charge is -2.39. The normalized spacial score (nSPS) is 18.0. The maximum atomic E-state index is 2.59. The molecule has 0 aromatic heterocycles. The fraction of sp³-hybridized carbons (Fsp3) is 0.0952. The molecule has 0 amide bonds. The zero-order chi connectivity index (χ0) is 42.8. The fourth-order valence-electron chi connectivity index (χ4n) is 11.2. The predicted octanol–water partition coefficient (Wildman–Crippen LogP) is 16.9. The van der Waals surface area contributed by atoms with E-state index in [1.54, 1.807) is 3.58 Å². The second-order valence-electron chi connectivity index (χ2n) is 18.0. The molecule has 12 rings (SSSR count). The van der Waals surface area contributed by atoms with Gasteiger partial charge in [-0.3, -0.25) is 0 Å². The largest absolute Gasteiger partial charge is 0.0807 e. The van der Waals surface area contributed by atoms with E-state index in [2.05, 4.69) is 238 Å². The third-order valence-corrected chi connectivity index (χ3v) is 17.3. The molecule has 0 nitrogen and oxygen atoms in total. The molecule has 3 atom stereocenters. The van der Waals surface area contributed by atoms with E-state index in [1.165, 1.54) is 104 Å². The van der Waals surface area contributed by atoms with Gasteiger partial charge in [-0.15, -0.1) is 0 Å². The average Bonchev–Trinajstić information content (AvgIpc) is 3.61. The van der Waals surface area contributed by atoms with Crippen molar-refractivity contribution in [1.82, 2.24) is 0 Å². The van der Waals surface area contributed by atoms with Crippen LogP contribution in [-0.4, -0.2) is 3.51 Å². The van der Waals surface area contributed by atoms with E-state index in [4.69, 9.17) is 0 Å². The zero-order valence-electron chi connectivity index (χ0n) is 36.1. The van der Waals surface area contributed by atoms with Crippen LogP contribution in [0.1, 0.15) is 76.6 Å². The highest BCUT2D eigenvalue weighted by Gasteiger charge is 2.46. The summed E-state index contributed by atoms with van der Waals surface area (Å²) in [5.74, 6) is 0.574. The maximum absolute atomic E-state index is 2.59. The monoisotopic (exact) mass is 930 g/mol. The van der Waals surface area contributed by atoms with E-state index >= 15 is 0 Å². The van der Waals surface area contributed by atoms with Crippen molar-refractivity contribution in [2.24, 2.45) is 0 Å². The van der Waals surface area contributed by atoms with Crippen LogP contribution in [0.15, 0.2) is 222 Å². The third-order valence-electron chi connectivity index (χ3n) is 14.2. The SMILES string of the molecule is CC1c2ccccc2-c2ccc3c(c2C1c1ccccc1)C(C)(CC1=Cc2ccc(-c4ccccc4)cc2C(c2cccc(-c4cccc(-c5ccccc5)c4)c2)=I1)c1ccccc1-3. The van der Waals surface area contributed by atoms with Gasteiger partial charge in [-0.2, -0.15) is 0 Å². The molecule has 0 radical (unpaired) electrons. The van der Waals surface area contributed by atoms with Gasteiger partial charge in [0.2, 0.25) is 0 Å². The standard InChI is InChI=1S/C63H47I/c1-41-52-28-12-13-29-53(52)55-34-35-56-54-30-14-15-31-58(54)63(2,61(56)60(55)59(41)44-22-10-5-11-23-44)40-51-38-49-33-32-48(43-20-8-4-9-21-43)39-57(49)62(64-51)50-27-17-26-47(37-50)46-25-16-24-45(36-46)42-18-6-3-7-19-42/h3-39,41,59H,40H2,1-2H3. The van der Waals surface area contributed by atoms with Crippen LogP contribution in [0.25, 0.3) is 61.7 Å². The Balaban J connectivity index is 1.03. The molecule has 306 valence electrons. The summed E-state index contributed by atoms with van der Waals surface area (Å²) in [4.78, 5) is 0. The van der Waals surface area contributed by atoms with Crippen LogP contribution in [0.5, 0.6) is 0 Å². The second kappa shape index (κ2) is 15.8. The van der Waals surface area contributed by atoms with E-state index in [9.17, 15) is 0 Å². The van der Waals surface area contributed by atoms with Crippen molar-refractivity contribution in [2.45, 2.75) is 37.5 Å². The summed E-state index contributed by atoms with van der Waals surface area (Å²) < 4.78 is 3.08. The van der Waals surface area contributed by atoms with E-state index in [-0.39, 0.29) is 11.3 Å². The highest BCUT2D eigenvalue weighted by atomic mass is 127. The maximum Gasteiger partial charge on any atom is 0.0234 e. The molecule has 1 aliphatic heterocycles. The number of hydrogen-bond donors (Lipinski definition) is 0. The molecule has 0 N–H and O–H groups in total. The zero-order valence-corrected chi connectivity index (χ0v) is 38.3. The Morgan fingerprint density at radius 1 is 0.438 bits per heavy atom. The lowest BCUT2D eigenvalue weighted by atomic mass is 9.64. The highest BCUT2D eigenvalue weighted by Crippen LogP contribution is 2.61. The van der Waals surface area contributed by atoms with Gasteiger partial charge < -0.3 is 0 Å². The summed E-state index contributed by atoms with van der Waals surface area (Å²) in [6.07, 6.45) is 3.56. The number of allylic oxidation sites excluding steroid dienone is 1. The van der Waals surface area contributed by atoms with Gasteiger partial charge in [0.1, 0.15) is 0 Å². The second-order valence-corrected chi connectivity index (χ2v) is 21.0. The minimum atomic E-state index is -0.567. The van der Waals surface area contributed by atoms with Crippen molar-refractivity contribution in [3.05, 3.63) is 266 Å². The van der Waals surface area contributed by atoms with Gasteiger partial charge in [-0.25, -0.2) is 0 Å². The number of rotatable bonds is 7. The Bertz CT molecular complexity index is 3320. The van der Waals surface area contributed by atoms with Crippen LogP contribution >= 0.6 is 20.7 Å².